The SMILES string of the molecule is NCCNC(=O)CCCCC[n+]1c(/C=C/c2ccc(OC(F)(F)C(F)F)cc2)ccc2ccccc21. The minimum absolute atomic E-state index is 0.0104. The van der Waals surface area contributed by atoms with E-state index in [0.29, 0.717) is 25.1 Å². The number of para-hydroxylation sites is 1. The van der Waals surface area contributed by atoms with Gasteiger partial charge in [-0.2, -0.15) is 22.1 Å². The van der Waals surface area contributed by atoms with Crippen LogP contribution < -0.4 is 20.4 Å². The smallest absolute Gasteiger partial charge is 0.428 e. The number of unbranched alkanes of at least 4 members (excludes halogenated alkanes) is 2. The summed E-state index contributed by atoms with van der Waals surface area (Å²) >= 11 is 0. The number of nitrogens with two attached hydrogens (primary N) is 1. The van der Waals surface area contributed by atoms with E-state index in [1.165, 1.54) is 24.3 Å². The number of benzene rings is 2. The monoisotopic (exact) mass is 504 g/mol. The number of fused-ring (bicyclic) bond motifs is 1. The molecule has 0 aliphatic heterocycles. The quantitative estimate of drug-likeness (QED) is 0.192. The number of nitrogens with zero attached hydrogens (tertiary/aromatic N) is 1. The zero-order valence-corrected chi connectivity index (χ0v) is 19.8. The zero-order valence-electron chi connectivity index (χ0n) is 19.8. The van der Waals surface area contributed by atoms with Gasteiger partial charge in [0.25, 0.3) is 0 Å². The van der Waals surface area contributed by atoms with Crippen LogP contribution in [0.4, 0.5) is 17.6 Å². The molecule has 0 aliphatic rings. The molecule has 3 N–H and O–H groups in total. The molecule has 0 saturated carbocycles. The number of halogens is 4. The van der Waals surface area contributed by atoms with Crippen molar-refractivity contribution in [3.63, 3.8) is 0 Å². The number of rotatable bonds is 13. The summed E-state index contributed by atoms with van der Waals surface area (Å²) in [5, 5.41) is 3.86. The Hall–Kier alpha value is -3.46. The standard InChI is InChI=1S/C27H29F4N3O2/c28-26(29)27(30,31)36-23-15-10-20(11-16-23)9-13-22-14-12-21-6-3-4-7-24(21)34(22)19-5-1-2-8-25(35)33-18-17-32/h3-4,6-7,9-16,26H,1-2,5,8,17-19,32H2/p+1/b13-9+. The van der Waals surface area contributed by atoms with Gasteiger partial charge in [-0.05, 0) is 48.7 Å². The summed E-state index contributed by atoms with van der Waals surface area (Å²) in [4.78, 5) is 11.7. The van der Waals surface area contributed by atoms with Gasteiger partial charge in [0.05, 0.1) is 0 Å². The van der Waals surface area contributed by atoms with Crippen molar-refractivity contribution in [2.45, 2.75) is 44.8 Å². The van der Waals surface area contributed by atoms with E-state index in [-0.39, 0.29) is 11.7 Å². The maximum Gasteiger partial charge on any atom is 0.461 e. The normalized spacial score (nSPS) is 11.9. The summed E-state index contributed by atoms with van der Waals surface area (Å²) < 4.78 is 57.2. The molecule has 3 aromatic rings. The Morgan fingerprint density at radius 1 is 1.00 bits per heavy atom. The molecule has 2 aromatic carbocycles. The lowest BCUT2D eigenvalue weighted by Gasteiger charge is -2.16. The molecule has 192 valence electrons. The highest BCUT2D eigenvalue weighted by Gasteiger charge is 2.43. The van der Waals surface area contributed by atoms with Gasteiger partial charge in [0.15, 0.2) is 0 Å². The number of pyridine rings is 1. The van der Waals surface area contributed by atoms with Crippen molar-refractivity contribution in [2.24, 2.45) is 5.73 Å². The summed E-state index contributed by atoms with van der Waals surface area (Å²) in [6, 6.07) is 17.6. The highest BCUT2D eigenvalue weighted by atomic mass is 19.3. The average molecular weight is 505 g/mol. The second kappa shape index (κ2) is 13.0. The Bertz CT molecular complexity index is 1170. The first-order valence-electron chi connectivity index (χ1n) is 11.8. The van der Waals surface area contributed by atoms with Crippen molar-refractivity contribution in [1.29, 1.82) is 0 Å². The summed E-state index contributed by atoms with van der Waals surface area (Å²) in [5.74, 6) is -0.328. The Morgan fingerprint density at radius 2 is 1.75 bits per heavy atom. The predicted molar refractivity (Wildman–Crippen MR) is 132 cm³/mol. The first kappa shape index (κ1) is 27.1. The van der Waals surface area contributed by atoms with Gasteiger partial charge in [-0.3, -0.25) is 4.79 Å². The highest BCUT2D eigenvalue weighted by Crippen LogP contribution is 2.27. The van der Waals surface area contributed by atoms with Crippen molar-refractivity contribution in [2.75, 3.05) is 13.1 Å². The molecule has 3 rings (SSSR count). The molecule has 5 nitrogen and oxygen atoms in total. The number of nitrogens with one attached hydrogen (secondary N) is 1. The van der Waals surface area contributed by atoms with E-state index in [9.17, 15) is 22.4 Å². The number of aromatic nitrogens is 1. The van der Waals surface area contributed by atoms with Crippen molar-refractivity contribution in [3.8, 4) is 5.75 Å². The molecule has 0 fully saturated rings. The topological polar surface area (TPSA) is 68.2 Å². The number of amides is 1. The van der Waals surface area contributed by atoms with Crippen molar-refractivity contribution in [1.82, 2.24) is 5.32 Å². The van der Waals surface area contributed by atoms with E-state index in [2.05, 4.69) is 14.6 Å². The summed E-state index contributed by atoms with van der Waals surface area (Å²) in [6.45, 7) is 1.66. The lowest BCUT2D eigenvalue weighted by atomic mass is 10.1. The third kappa shape index (κ3) is 7.78. The van der Waals surface area contributed by atoms with E-state index in [4.69, 9.17) is 5.73 Å². The summed E-state index contributed by atoms with van der Waals surface area (Å²) in [7, 11) is 0. The fraction of sp³-hybridized carbons (Fsp3) is 0.333. The molecule has 0 atom stereocenters. The van der Waals surface area contributed by atoms with Crippen LogP contribution in [0.25, 0.3) is 23.1 Å². The van der Waals surface area contributed by atoms with E-state index in [1.54, 1.807) is 0 Å². The second-order valence-corrected chi connectivity index (χ2v) is 8.28. The maximum absolute atomic E-state index is 13.1. The number of carbonyl (C=O) groups is 1. The number of hydrogen-bond donors (Lipinski definition) is 2. The van der Waals surface area contributed by atoms with Crippen molar-refractivity contribution >= 4 is 29.0 Å². The first-order chi connectivity index (χ1) is 17.3. The lowest BCUT2D eigenvalue weighted by Crippen LogP contribution is -2.38. The number of aryl methyl sites for hydroxylation is 1. The summed E-state index contributed by atoms with van der Waals surface area (Å²) in [6.07, 6.45) is -1.69. The molecule has 0 saturated heterocycles. The van der Waals surface area contributed by atoms with Gasteiger partial charge in [0.1, 0.15) is 12.3 Å². The Balaban J connectivity index is 1.69. The Kier molecular flexibility index (Phi) is 9.81. The largest absolute Gasteiger partial charge is 0.461 e. The van der Waals surface area contributed by atoms with Gasteiger partial charge in [-0.15, -0.1) is 0 Å². The minimum Gasteiger partial charge on any atom is -0.428 e. The van der Waals surface area contributed by atoms with Crippen LogP contribution in [0.15, 0.2) is 60.7 Å². The minimum atomic E-state index is -4.54. The zero-order chi connectivity index (χ0) is 26.0. The van der Waals surface area contributed by atoms with Crippen molar-refractivity contribution in [3.05, 3.63) is 71.9 Å². The van der Waals surface area contributed by atoms with E-state index in [0.717, 1.165) is 42.4 Å². The Labute approximate surface area is 207 Å². The fourth-order valence-electron chi connectivity index (χ4n) is 3.74. The van der Waals surface area contributed by atoms with E-state index in [1.807, 2.05) is 48.6 Å². The van der Waals surface area contributed by atoms with Crippen LogP contribution in [0.1, 0.15) is 36.9 Å². The van der Waals surface area contributed by atoms with Gasteiger partial charge in [0.2, 0.25) is 17.1 Å². The molecule has 1 amide bonds. The fourth-order valence-corrected chi connectivity index (χ4v) is 3.74. The molecule has 0 aliphatic carbocycles. The predicted octanol–water partition coefficient (Wildman–Crippen LogP) is 5.17. The molecule has 0 spiro atoms. The highest BCUT2D eigenvalue weighted by molar-refractivity contribution is 5.77. The number of ether oxygens (including phenoxy) is 1. The van der Waals surface area contributed by atoms with Crippen LogP contribution in [0.5, 0.6) is 5.75 Å². The molecular formula is C27H30F4N3O2+. The second-order valence-electron chi connectivity index (χ2n) is 8.28. The maximum atomic E-state index is 13.1. The van der Waals surface area contributed by atoms with Crippen LogP contribution >= 0.6 is 0 Å². The van der Waals surface area contributed by atoms with Crippen LogP contribution in [-0.2, 0) is 11.3 Å². The van der Waals surface area contributed by atoms with Crippen LogP contribution in [-0.4, -0.2) is 31.5 Å². The number of alkyl halides is 4. The molecular weight excluding hydrogens is 474 g/mol. The van der Waals surface area contributed by atoms with E-state index >= 15 is 0 Å². The molecule has 1 heterocycles. The lowest BCUT2D eigenvalue weighted by molar-refractivity contribution is -0.673. The molecule has 1 aromatic heterocycles. The Morgan fingerprint density at radius 3 is 2.47 bits per heavy atom. The molecule has 0 radical (unpaired) electrons. The molecule has 9 heteroatoms. The van der Waals surface area contributed by atoms with Gasteiger partial charge in [0, 0.05) is 49.5 Å². The van der Waals surface area contributed by atoms with Crippen LogP contribution in [0.2, 0.25) is 0 Å². The van der Waals surface area contributed by atoms with E-state index < -0.39 is 12.5 Å². The van der Waals surface area contributed by atoms with Gasteiger partial charge in [-0.1, -0.05) is 24.3 Å². The molecule has 0 bridgehead atoms. The first-order valence-corrected chi connectivity index (χ1v) is 11.8. The summed E-state index contributed by atoms with van der Waals surface area (Å²) in [5.41, 5.74) is 8.11. The molecule has 36 heavy (non-hydrogen) atoms. The van der Waals surface area contributed by atoms with Crippen LogP contribution in [0, 0.1) is 0 Å². The molecule has 0 unspecified atom stereocenters. The average Bonchev–Trinajstić information content (AvgIpc) is 2.87. The third-order valence-electron chi connectivity index (χ3n) is 5.56. The number of hydrogen-bond acceptors (Lipinski definition) is 3. The van der Waals surface area contributed by atoms with Gasteiger partial charge < -0.3 is 15.8 Å². The van der Waals surface area contributed by atoms with Gasteiger partial charge in [-0.25, -0.2) is 0 Å². The van der Waals surface area contributed by atoms with Crippen molar-refractivity contribution < 1.29 is 31.7 Å². The third-order valence-corrected chi connectivity index (χ3v) is 5.56. The van der Waals surface area contributed by atoms with Crippen LogP contribution in [0.3, 0.4) is 0 Å². The number of carbonyl (C=O) groups excluding carboxylic acids is 1. The van der Waals surface area contributed by atoms with Gasteiger partial charge >= 0.3 is 12.5 Å².